The van der Waals surface area contributed by atoms with Crippen LogP contribution in [0.1, 0.15) is 38.2 Å². The van der Waals surface area contributed by atoms with Gasteiger partial charge in [0.1, 0.15) is 5.75 Å². The molecule has 1 aromatic rings. The summed E-state index contributed by atoms with van der Waals surface area (Å²) < 4.78 is 6.08. The van der Waals surface area contributed by atoms with Gasteiger partial charge in [0.2, 0.25) is 0 Å². The van der Waals surface area contributed by atoms with Crippen molar-refractivity contribution in [2.24, 2.45) is 11.7 Å². The Hall–Kier alpha value is -0.770. The lowest BCUT2D eigenvalue weighted by atomic mass is 10.1. The van der Waals surface area contributed by atoms with Gasteiger partial charge in [0, 0.05) is 25.7 Å². The minimum atomic E-state index is 0. The number of nitrogens with two attached hydrogens (primary N) is 1. The molecule has 2 unspecified atom stereocenters. The smallest absolute Gasteiger partial charge is 0.120 e. The summed E-state index contributed by atoms with van der Waals surface area (Å²) in [6, 6.07) is 8.91. The van der Waals surface area contributed by atoms with Crippen LogP contribution in [0.5, 0.6) is 5.75 Å². The second-order valence-electron chi connectivity index (χ2n) is 6.51. The molecule has 0 spiro atoms. The van der Waals surface area contributed by atoms with Crippen LogP contribution in [0.15, 0.2) is 24.3 Å². The number of hydrogen-bond acceptors (Lipinski definition) is 3. The molecule has 2 atom stereocenters. The van der Waals surface area contributed by atoms with Crippen molar-refractivity contribution in [1.29, 1.82) is 0 Å². The Bertz CT molecular complexity index is 438. The third kappa shape index (κ3) is 4.35. The van der Waals surface area contributed by atoms with Crippen LogP contribution in [0, 0.1) is 5.92 Å². The quantitative estimate of drug-likeness (QED) is 0.928. The summed E-state index contributed by atoms with van der Waals surface area (Å²) >= 11 is 0. The van der Waals surface area contributed by atoms with Gasteiger partial charge in [0.05, 0.1) is 6.10 Å². The molecule has 4 heteroatoms. The molecule has 1 aliphatic heterocycles. The highest BCUT2D eigenvalue weighted by atomic mass is 35.5. The summed E-state index contributed by atoms with van der Waals surface area (Å²) in [5, 5.41) is 0. The zero-order chi connectivity index (χ0) is 13.9. The van der Waals surface area contributed by atoms with E-state index >= 15 is 0 Å². The number of halogens is 1. The van der Waals surface area contributed by atoms with Crippen LogP contribution >= 0.6 is 12.4 Å². The van der Waals surface area contributed by atoms with E-state index in [9.17, 15) is 0 Å². The molecule has 0 radical (unpaired) electrons. The first-order valence-corrected chi connectivity index (χ1v) is 7.94. The number of likely N-dealkylation sites (tertiary alicyclic amines) is 1. The van der Waals surface area contributed by atoms with E-state index in [4.69, 9.17) is 10.5 Å². The summed E-state index contributed by atoms with van der Waals surface area (Å²) in [6.45, 7) is 5.34. The normalized spacial score (nSPS) is 26.8. The number of nitrogens with zero attached hydrogens (tertiary/aromatic N) is 1. The third-order valence-electron chi connectivity index (χ3n) is 4.66. The van der Waals surface area contributed by atoms with Crippen LogP contribution in [-0.4, -0.2) is 30.1 Å². The molecule has 1 aromatic carbocycles. The molecule has 3 rings (SSSR count). The van der Waals surface area contributed by atoms with Crippen LogP contribution in [0.2, 0.25) is 0 Å². The lowest BCUT2D eigenvalue weighted by Crippen LogP contribution is -2.28. The molecule has 2 fully saturated rings. The van der Waals surface area contributed by atoms with Crippen molar-refractivity contribution in [2.45, 2.75) is 51.3 Å². The molecule has 2 N–H and O–H groups in total. The zero-order valence-electron chi connectivity index (χ0n) is 12.8. The van der Waals surface area contributed by atoms with Crippen LogP contribution in [0.3, 0.4) is 0 Å². The molecule has 3 nitrogen and oxygen atoms in total. The minimum Gasteiger partial charge on any atom is -0.490 e. The van der Waals surface area contributed by atoms with E-state index in [0.717, 1.165) is 25.4 Å². The maximum atomic E-state index is 6.09. The maximum Gasteiger partial charge on any atom is 0.120 e. The Morgan fingerprint density at radius 1 is 1.24 bits per heavy atom. The average Bonchev–Trinajstić information content (AvgIpc) is 3.01. The predicted octanol–water partition coefficient (Wildman–Crippen LogP) is 3.21. The summed E-state index contributed by atoms with van der Waals surface area (Å²) in [5.74, 6) is 1.64. The van der Waals surface area contributed by atoms with Crippen molar-refractivity contribution in [3.05, 3.63) is 29.8 Å². The Balaban J connectivity index is 0.00000161. The average molecular weight is 311 g/mol. The second kappa shape index (κ2) is 7.48. The summed E-state index contributed by atoms with van der Waals surface area (Å²) in [4.78, 5) is 2.45. The zero-order valence-corrected chi connectivity index (χ0v) is 13.6. The van der Waals surface area contributed by atoms with E-state index in [-0.39, 0.29) is 12.4 Å². The van der Waals surface area contributed by atoms with Gasteiger partial charge in [-0.25, -0.2) is 0 Å². The number of ether oxygens (including phenoxy) is 1. The largest absolute Gasteiger partial charge is 0.490 e. The van der Waals surface area contributed by atoms with E-state index in [2.05, 4.69) is 36.1 Å². The van der Waals surface area contributed by atoms with Crippen molar-refractivity contribution < 1.29 is 4.74 Å². The highest BCUT2D eigenvalue weighted by Gasteiger charge is 2.26. The molecule has 1 heterocycles. The van der Waals surface area contributed by atoms with Gasteiger partial charge in [-0.3, -0.25) is 4.90 Å². The molecular weight excluding hydrogens is 284 g/mol. The third-order valence-corrected chi connectivity index (χ3v) is 4.66. The highest BCUT2D eigenvalue weighted by molar-refractivity contribution is 5.85. The van der Waals surface area contributed by atoms with E-state index in [1.165, 1.54) is 31.2 Å². The second-order valence-corrected chi connectivity index (χ2v) is 6.51. The fraction of sp³-hybridized carbons (Fsp3) is 0.647. The maximum absolute atomic E-state index is 6.09. The number of hydrogen-bond donors (Lipinski definition) is 1. The molecule has 2 aliphatic rings. The van der Waals surface area contributed by atoms with Crippen molar-refractivity contribution in [2.75, 3.05) is 13.1 Å². The fourth-order valence-electron chi connectivity index (χ4n) is 3.40. The lowest BCUT2D eigenvalue weighted by molar-refractivity contribution is 0.209. The number of rotatable bonds is 4. The van der Waals surface area contributed by atoms with E-state index in [1.807, 2.05) is 0 Å². The molecule has 1 saturated heterocycles. The van der Waals surface area contributed by atoms with Crippen molar-refractivity contribution in [1.82, 2.24) is 4.90 Å². The van der Waals surface area contributed by atoms with Gasteiger partial charge in [-0.05, 0) is 49.3 Å². The van der Waals surface area contributed by atoms with Crippen LogP contribution in [-0.2, 0) is 6.54 Å². The molecule has 1 saturated carbocycles. The van der Waals surface area contributed by atoms with Gasteiger partial charge >= 0.3 is 0 Å². The van der Waals surface area contributed by atoms with Crippen molar-refractivity contribution >= 4 is 12.4 Å². The SMILES string of the molecule is CC1CN(Cc2cccc(OC3CCCC3)c2)CC1N.Cl. The standard InChI is InChI=1S/C17H26N2O.ClH/c1-13-10-19(12-17(13)18)11-14-5-4-8-16(9-14)20-15-6-2-3-7-15;/h4-5,8-9,13,15,17H,2-3,6-7,10-12,18H2,1H3;1H. The molecule has 0 amide bonds. The van der Waals surface area contributed by atoms with Crippen LogP contribution in [0.4, 0.5) is 0 Å². The molecule has 21 heavy (non-hydrogen) atoms. The monoisotopic (exact) mass is 310 g/mol. The Morgan fingerprint density at radius 3 is 2.67 bits per heavy atom. The molecule has 1 aliphatic carbocycles. The van der Waals surface area contributed by atoms with Crippen molar-refractivity contribution in [3.63, 3.8) is 0 Å². The Labute approximate surface area is 134 Å². The summed E-state index contributed by atoms with van der Waals surface area (Å²) in [7, 11) is 0. The van der Waals surface area contributed by atoms with Crippen LogP contribution in [0.25, 0.3) is 0 Å². The Morgan fingerprint density at radius 2 is 2.00 bits per heavy atom. The van der Waals surface area contributed by atoms with Gasteiger partial charge in [-0.15, -0.1) is 12.4 Å². The fourth-order valence-corrected chi connectivity index (χ4v) is 3.40. The molecular formula is C17H27ClN2O. The van der Waals surface area contributed by atoms with Gasteiger partial charge in [0.15, 0.2) is 0 Å². The highest BCUT2D eigenvalue weighted by Crippen LogP contribution is 2.25. The predicted molar refractivity (Wildman–Crippen MR) is 89.0 cm³/mol. The van der Waals surface area contributed by atoms with E-state index < -0.39 is 0 Å². The van der Waals surface area contributed by atoms with Gasteiger partial charge in [-0.2, -0.15) is 0 Å². The molecule has 0 bridgehead atoms. The topological polar surface area (TPSA) is 38.5 Å². The van der Waals surface area contributed by atoms with Gasteiger partial charge in [0.25, 0.3) is 0 Å². The lowest BCUT2D eigenvalue weighted by Gasteiger charge is -2.17. The number of benzene rings is 1. The van der Waals surface area contributed by atoms with Crippen LogP contribution < -0.4 is 10.5 Å². The van der Waals surface area contributed by atoms with E-state index in [0.29, 0.717) is 18.1 Å². The first-order chi connectivity index (χ1) is 9.70. The van der Waals surface area contributed by atoms with Gasteiger partial charge in [-0.1, -0.05) is 19.1 Å². The van der Waals surface area contributed by atoms with Crippen molar-refractivity contribution in [3.8, 4) is 5.75 Å². The Kier molecular flexibility index (Phi) is 5.91. The first-order valence-electron chi connectivity index (χ1n) is 7.94. The molecule has 0 aromatic heterocycles. The first kappa shape index (κ1) is 16.6. The summed E-state index contributed by atoms with van der Waals surface area (Å²) in [5.41, 5.74) is 7.43. The minimum absolute atomic E-state index is 0. The molecule has 118 valence electrons. The van der Waals surface area contributed by atoms with E-state index in [1.54, 1.807) is 0 Å². The summed E-state index contributed by atoms with van der Waals surface area (Å²) in [6.07, 6.45) is 5.48. The van der Waals surface area contributed by atoms with Gasteiger partial charge < -0.3 is 10.5 Å².